The van der Waals surface area contributed by atoms with Gasteiger partial charge in [-0.25, -0.2) is 0 Å². The molecule has 15 heavy (non-hydrogen) atoms. The van der Waals surface area contributed by atoms with Crippen LogP contribution < -0.4 is 5.32 Å². The summed E-state index contributed by atoms with van der Waals surface area (Å²) in [5.41, 5.74) is 0.0841. The Kier molecular flexibility index (Phi) is 5.53. The maximum Gasteiger partial charge on any atom is 0.0902 e. The fourth-order valence-electron chi connectivity index (χ4n) is 1.50. The SMILES string of the molecule is CCOCCN(C)CCOC1(C)CNC1. The van der Waals surface area contributed by atoms with Gasteiger partial charge in [0.15, 0.2) is 0 Å². The van der Waals surface area contributed by atoms with Crippen molar-refractivity contribution >= 4 is 0 Å². The molecule has 4 heteroatoms. The van der Waals surface area contributed by atoms with Gasteiger partial charge < -0.3 is 19.7 Å². The maximum absolute atomic E-state index is 5.80. The Bertz CT molecular complexity index is 172. The predicted octanol–water partition coefficient (Wildman–Crippen LogP) is 0.333. The van der Waals surface area contributed by atoms with Crippen LogP contribution in [0.1, 0.15) is 13.8 Å². The van der Waals surface area contributed by atoms with Crippen molar-refractivity contribution < 1.29 is 9.47 Å². The first-order chi connectivity index (χ1) is 7.16. The van der Waals surface area contributed by atoms with E-state index < -0.39 is 0 Å². The predicted molar refractivity (Wildman–Crippen MR) is 61.2 cm³/mol. The van der Waals surface area contributed by atoms with Crippen LogP contribution in [0.15, 0.2) is 0 Å². The van der Waals surface area contributed by atoms with Crippen LogP contribution in [0.5, 0.6) is 0 Å². The van der Waals surface area contributed by atoms with E-state index in [1.54, 1.807) is 0 Å². The second kappa shape index (κ2) is 6.43. The van der Waals surface area contributed by atoms with Crippen LogP contribution in [0.25, 0.3) is 0 Å². The van der Waals surface area contributed by atoms with Gasteiger partial charge >= 0.3 is 0 Å². The second-order valence-electron chi connectivity index (χ2n) is 4.40. The van der Waals surface area contributed by atoms with Gasteiger partial charge in [0.05, 0.1) is 18.8 Å². The highest BCUT2D eigenvalue weighted by Crippen LogP contribution is 2.14. The van der Waals surface area contributed by atoms with E-state index in [0.717, 1.165) is 46.0 Å². The Morgan fingerprint density at radius 1 is 1.27 bits per heavy atom. The third kappa shape index (κ3) is 4.93. The summed E-state index contributed by atoms with van der Waals surface area (Å²) < 4.78 is 11.1. The summed E-state index contributed by atoms with van der Waals surface area (Å²) >= 11 is 0. The zero-order valence-electron chi connectivity index (χ0n) is 10.2. The highest BCUT2D eigenvalue weighted by atomic mass is 16.5. The van der Waals surface area contributed by atoms with E-state index in [1.807, 2.05) is 6.92 Å². The van der Waals surface area contributed by atoms with E-state index in [0.29, 0.717) is 0 Å². The van der Waals surface area contributed by atoms with Gasteiger partial charge in [-0.05, 0) is 20.9 Å². The molecule has 0 aliphatic carbocycles. The smallest absolute Gasteiger partial charge is 0.0902 e. The number of rotatable bonds is 8. The number of hydrogen-bond acceptors (Lipinski definition) is 4. The van der Waals surface area contributed by atoms with Crippen molar-refractivity contribution in [3.63, 3.8) is 0 Å². The summed E-state index contributed by atoms with van der Waals surface area (Å²) in [6.45, 7) is 10.5. The zero-order chi connectivity index (χ0) is 11.1. The van der Waals surface area contributed by atoms with Crippen LogP contribution in [-0.2, 0) is 9.47 Å². The molecule has 0 spiro atoms. The molecule has 1 fully saturated rings. The minimum atomic E-state index is 0.0841. The molecule has 90 valence electrons. The van der Waals surface area contributed by atoms with E-state index in [4.69, 9.17) is 9.47 Å². The van der Waals surface area contributed by atoms with Crippen molar-refractivity contribution in [3.8, 4) is 0 Å². The summed E-state index contributed by atoms with van der Waals surface area (Å²) in [6, 6.07) is 0. The largest absolute Gasteiger partial charge is 0.380 e. The highest BCUT2D eigenvalue weighted by molar-refractivity contribution is 4.90. The first kappa shape index (κ1) is 12.9. The number of ether oxygens (including phenoxy) is 2. The molecule has 0 radical (unpaired) electrons. The average molecular weight is 216 g/mol. The van der Waals surface area contributed by atoms with Crippen LogP contribution in [-0.4, -0.2) is 63.5 Å². The quantitative estimate of drug-likeness (QED) is 0.593. The van der Waals surface area contributed by atoms with E-state index in [9.17, 15) is 0 Å². The minimum Gasteiger partial charge on any atom is -0.380 e. The molecular weight excluding hydrogens is 192 g/mol. The van der Waals surface area contributed by atoms with Crippen molar-refractivity contribution in [1.82, 2.24) is 10.2 Å². The van der Waals surface area contributed by atoms with Crippen molar-refractivity contribution in [2.24, 2.45) is 0 Å². The summed E-state index contributed by atoms with van der Waals surface area (Å²) in [6.07, 6.45) is 0. The molecule has 0 aromatic heterocycles. The molecule has 1 aliphatic rings. The van der Waals surface area contributed by atoms with Crippen LogP contribution in [0.3, 0.4) is 0 Å². The second-order valence-corrected chi connectivity index (χ2v) is 4.40. The lowest BCUT2D eigenvalue weighted by atomic mass is 10.0. The fraction of sp³-hybridized carbons (Fsp3) is 1.00. The molecule has 1 rings (SSSR count). The standard InChI is InChI=1S/C11H24N2O2/c1-4-14-7-5-13(3)6-8-15-11(2)9-12-10-11/h12H,4-10H2,1-3H3. The summed E-state index contributed by atoms with van der Waals surface area (Å²) in [7, 11) is 2.10. The van der Waals surface area contributed by atoms with Gasteiger partial charge in [0.2, 0.25) is 0 Å². The van der Waals surface area contributed by atoms with Gasteiger partial charge in [0.1, 0.15) is 0 Å². The van der Waals surface area contributed by atoms with E-state index in [2.05, 4.69) is 24.2 Å². The van der Waals surface area contributed by atoms with Crippen molar-refractivity contribution in [1.29, 1.82) is 0 Å². The third-order valence-corrected chi connectivity index (χ3v) is 2.74. The van der Waals surface area contributed by atoms with Crippen LogP contribution >= 0.6 is 0 Å². The Morgan fingerprint density at radius 3 is 2.47 bits per heavy atom. The van der Waals surface area contributed by atoms with Gasteiger partial charge in [-0.2, -0.15) is 0 Å². The number of nitrogens with zero attached hydrogens (tertiary/aromatic N) is 1. The Balaban J connectivity index is 1.94. The lowest BCUT2D eigenvalue weighted by Crippen LogP contribution is -2.59. The number of hydrogen-bond donors (Lipinski definition) is 1. The van der Waals surface area contributed by atoms with Crippen molar-refractivity contribution in [2.75, 3.05) is 53.0 Å². The third-order valence-electron chi connectivity index (χ3n) is 2.74. The maximum atomic E-state index is 5.80. The first-order valence-electron chi connectivity index (χ1n) is 5.77. The van der Waals surface area contributed by atoms with Crippen LogP contribution in [0.4, 0.5) is 0 Å². The monoisotopic (exact) mass is 216 g/mol. The zero-order valence-corrected chi connectivity index (χ0v) is 10.2. The van der Waals surface area contributed by atoms with Gasteiger partial charge in [-0.3, -0.25) is 0 Å². The molecule has 1 heterocycles. The highest BCUT2D eigenvalue weighted by Gasteiger charge is 2.32. The molecule has 1 N–H and O–H groups in total. The van der Waals surface area contributed by atoms with Crippen LogP contribution in [0.2, 0.25) is 0 Å². The van der Waals surface area contributed by atoms with Crippen LogP contribution in [0, 0.1) is 0 Å². The van der Waals surface area contributed by atoms with Gasteiger partial charge in [-0.15, -0.1) is 0 Å². The fourth-order valence-corrected chi connectivity index (χ4v) is 1.50. The molecule has 0 aromatic rings. The van der Waals surface area contributed by atoms with Gasteiger partial charge in [0, 0.05) is 32.8 Å². The van der Waals surface area contributed by atoms with Gasteiger partial charge in [0.25, 0.3) is 0 Å². The lowest BCUT2D eigenvalue weighted by molar-refractivity contribution is -0.0715. The van der Waals surface area contributed by atoms with E-state index in [1.165, 1.54) is 0 Å². The number of likely N-dealkylation sites (N-methyl/N-ethyl adjacent to an activating group) is 1. The molecule has 0 saturated carbocycles. The van der Waals surface area contributed by atoms with E-state index >= 15 is 0 Å². The summed E-state index contributed by atoms with van der Waals surface area (Å²) in [5, 5.41) is 3.22. The molecule has 0 aromatic carbocycles. The lowest BCUT2D eigenvalue weighted by Gasteiger charge is -2.39. The first-order valence-corrected chi connectivity index (χ1v) is 5.77. The Morgan fingerprint density at radius 2 is 1.93 bits per heavy atom. The average Bonchev–Trinajstić information content (AvgIpc) is 2.16. The summed E-state index contributed by atoms with van der Waals surface area (Å²) in [5.74, 6) is 0. The molecule has 0 atom stereocenters. The van der Waals surface area contributed by atoms with Crippen molar-refractivity contribution in [3.05, 3.63) is 0 Å². The molecule has 1 saturated heterocycles. The molecule has 4 nitrogen and oxygen atoms in total. The van der Waals surface area contributed by atoms with E-state index in [-0.39, 0.29) is 5.60 Å². The molecule has 0 unspecified atom stereocenters. The normalized spacial score (nSPS) is 19.2. The summed E-state index contributed by atoms with van der Waals surface area (Å²) in [4.78, 5) is 2.24. The Labute approximate surface area is 92.9 Å². The number of nitrogens with one attached hydrogen (secondary N) is 1. The van der Waals surface area contributed by atoms with Gasteiger partial charge in [-0.1, -0.05) is 0 Å². The van der Waals surface area contributed by atoms with Crippen molar-refractivity contribution in [2.45, 2.75) is 19.4 Å². The molecular formula is C11H24N2O2. The molecule has 0 bridgehead atoms. The minimum absolute atomic E-state index is 0.0841. The molecule has 1 aliphatic heterocycles. The molecule has 0 amide bonds. The topological polar surface area (TPSA) is 33.7 Å². The Hall–Kier alpha value is -0.160.